The van der Waals surface area contributed by atoms with E-state index in [2.05, 4.69) is 18.7 Å². The highest BCUT2D eigenvalue weighted by Crippen LogP contribution is 2.25. The summed E-state index contributed by atoms with van der Waals surface area (Å²) in [5.74, 6) is -0.501. The van der Waals surface area contributed by atoms with Crippen LogP contribution in [0.1, 0.15) is 27.2 Å². The molecule has 2 atom stereocenters. The second kappa shape index (κ2) is 4.09. The third-order valence-electron chi connectivity index (χ3n) is 3.08. The number of carbonyl (C=O) groups is 1. The molecule has 3 nitrogen and oxygen atoms in total. The van der Waals surface area contributed by atoms with Crippen LogP contribution < -0.4 is 0 Å². The molecule has 3 heteroatoms. The lowest BCUT2D eigenvalue weighted by molar-refractivity contribution is -0.142. The van der Waals surface area contributed by atoms with Gasteiger partial charge in [0.05, 0.1) is 5.92 Å². The van der Waals surface area contributed by atoms with Crippen LogP contribution in [0.25, 0.3) is 0 Å². The van der Waals surface area contributed by atoms with Gasteiger partial charge in [-0.2, -0.15) is 0 Å². The minimum Gasteiger partial charge on any atom is -0.481 e. The van der Waals surface area contributed by atoms with Crippen molar-refractivity contribution in [3.63, 3.8) is 0 Å². The van der Waals surface area contributed by atoms with Crippen molar-refractivity contribution in [2.24, 2.45) is 11.8 Å². The van der Waals surface area contributed by atoms with E-state index in [-0.39, 0.29) is 5.92 Å². The fourth-order valence-electron chi connectivity index (χ4n) is 1.89. The summed E-state index contributed by atoms with van der Waals surface area (Å²) in [5, 5.41) is 8.85. The van der Waals surface area contributed by atoms with Gasteiger partial charge in [0.25, 0.3) is 0 Å². The quantitative estimate of drug-likeness (QED) is 0.723. The summed E-state index contributed by atoms with van der Waals surface area (Å²) in [6.45, 7) is 8.14. The first-order valence-corrected chi connectivity index (χ1v) is 4.99. The summed E-state index contributed by atoms with van der Waals surface area (Å²) in [4.78, 5) is 13.1. The number of hydrogen-bond acceptors (Lipinski definition) is 2. The number of aliphatic carboxylic acids is 1. The first kappa shape index (κ1) is 10.5. The molecule has 0 amide bonds. The Bertz CT molecular complexity index is 191. The van der Waals surface area contributed by atoms with Crippen LogP contribution in [0, 0.1) is 11.8 Å². The van der Waals surface area contributed by atoms with Gasteiger partial charge in [-0.15, -0.1) is 0 Å². The van der Waals surface area contributed by atoms with E-state index in [9.17, 15) is 4.79 Å². The number of carboxylic acids is 1. The minimum atomic E-state index is -0.657. The van der Waals surface area contributed by atoms with Crippen LogP contribution in [0.15, 0.2) is 0 Å². The second-order valence-electron chi connectivity index (χ2n) is 4.26. The van der Waals surface area contributed by atoms with E-state index in [0.717, 1.165) is 19.5 Å². The maximum Gasteiger partial charge on any atom is 0.306 e. The van der Waals surface area contributed by atoms with Gasteiger partial charge in [-0.1, -0.05) is 6.92 Å². The standard InChI is InChI=1S/C10H19NO2/c1-7(2)11-5-4-9(6-11)8(3)10(12)13/h7-9H,4-6H2,1-3H3,(H,12,13). The largest absolute Gasteiger partial charge is 0.481 e. The lowest BCUT2D eigenvalue weighted by atomic mass is 9.94. The SMILES string of the molecule is CC(C(=O)O)C1CCN(C(C)C)C1. The normalized spacial score (nSPS) is 26.6. The molecule has 1 N–H and O–H groups in total. The van der Waals surface area contributed by atoms with Crippen LogP contribution in [0.5, 0.6) is 0 Å². The highest BCUT2D eigenvalue weighted by atomic mass is 16.4. The van der Waals surface area contributed by atoms with Gasteiger partial charge < -0.3 is 10.0 Å². The zero-order valence-corrected chi connectivity index (χ0v) is 8.66. The van der Waals surface area contributed by atoms with Gasteiger partial charge in [0, 0.05) is 12.6 Å². The molecule has 1 aliphatic rings. The summed E-state index contributed by atoms with van der Waals surface area (Å²) in [5.41, 5.74) is 0. The molecule has 2 unspecified atom stereocenters. The highest BCUT2D eigenvalue weighted by Gasteiger charge is 2.31. The summed E-state index contributed by atoms with van der Waals surface area (Å²) in [6.07, 6.45) is 1.03. The zero-order chi connectivity index (χ0) is 10.0. The number of carboxylic acid groups (broad SMARTS) is 1. The Labute approximate surface area is 79.7 Å². The van der Waals surface area contributed by atoms with Crippen LogP contribution >= 0.6 is 0 Å². The molecule has 0 aliphatic carbocycles. The van der Waals surface area contributed by atoms with E-state index in [1.165, 1.54) is 0 Å². The van der Waals surface area contributed by atoms with Crippen LogP contribution in [-0.2, 0) is 4.79 Å². The van der Waals surface area contributed by atoms with Crippen LogP contribution in [0.4, 0.5) is 0 Å². The number of rotatable bonds is 3. The Hall–Kier alpha value is -0.570. The van der Waals surface area contributed by atoms with Crippen molar-refractivity contribution in [3.8, 4) is 0 Å². The lowest BCUT2D eigenvalue weighted by Crippen LogP contribution is -2.30. The molecule has 0 aromatic carbocycles. The molecule has 0 aromatic heterocycles. The van der Waals surface area contributed by atoms with Crippen LogP contribution in [0.2, 0.25) is 0 Å². The van der Waals surface area contributed by atoms with Gasteiger partial charge in [-0.3, -0.25) is 4.79 Å². The van der Waals surface area contributed by atoms with Gasteiger partial charge in [0.2, 0.25) is 0 Å². The van der Waals surface area contributed by atoms with E-state index in [4.69, 9.17) is 5.11 Å². The monoisotopic (exact) mass is 185 g/mol. The molecule has 0 radical (unpaired) electrons. The fraction of sp³-hybridized carbons (Fsp3) is 0.900. The number of nitrogens with zero attached hydrogens (tertiary/aromatic N) is 1. The molecule has 0 spiro atoms. The van der Waals surface area contributed by atoms with Gasteiger partial charge >= 0.3 is 5.97 Å². The third-order valence-corrected chi connectivity index (χ3v) is 3.08. The predicted molar refractivity (Wildman–Crippen MR) is 51.6 cm³/mol. The first-order valence-electron chi connectivity index (χ1n) is 4.99. The molecule has 1 saturated heterocycles. The Morgan fingerprint density at radius 1 is 1.46 bits per heavy atom. The molecule has 76 valence electrons. The molecule has 0 bridgehead atoms. The fourth-order valence-corrected chi connectivity index (χ4v) is 1.89. The average Bonchev–Trinajstić information content (AvgIpc) is 2.50. The Balaban J connectivity index is 2.45. The van der Waals surface area contributed by atoms with E-state index in [0.29, 0.717) is 12.0 Å². The average molecular weight is 185 g/mol. The Morgan fingerprint density at radius 2 is 2.08 bits per heavy atom. The van der Waals surface area contributed by atoms with Crippen LogP contribution in [-0.4, -0.2) is 35.1 Å². The molecule has 1 rings (SSSR count). The van der Waals surface area contributed by atoms with Crippen molar-refractivity contribution >= 4 is 5.97 Å². The van der Waals surface area contributed by atoms with E-state index in [1.807, 2.05) is 6.92 Å². The highest BCUT2D eigenvalue weighted by molar-refractivity contribution is 5.69. The summed E-state index contributed by atoms with van der Waals surface area (Å²) >= 11 is 0. The lowest BCUT2D eigenvalue weighted by Gasteiger charge is -2.21. The molecular formula is C10H19NO2. The molecule has 1 fully saturated rings. The molecule has 13 heavy (non-hydrogen) atoms. The topological polar surface area (TPSA) is 40.5 Å². The minimum absolute atomic E-state index is 0.191. The van der Waals surface area contributed by atoms with Crippen molar-refractivity contribution in [2.75, 3.05) is 13.1 Å². The molecule has 0 aromatic rings. The van der Waals surface area contributed by atoms with Crippen LogP contribution in [0.3, 0.4) is 0 Å². The van der Waals surface area contributed by atoms with Gasteiger partial charge in [-0.25, -0.2) is 0 Å². The van der Waals surface area contributed by atoms with Gasteiger partial charge in [0.15, 0.2) is 0 Å². The molecule has 0 saturated carbocycles. The maximum atomic E-state index is 10.7. The maximum absolute atomic E-state index is 10.7. The second-order valence-corrected chi connectivity index (χ2v) is 4.26. The smallest absolute Gasteiger partial charge is 0.306 e. The van der Waals surface area contributed by atoms with E-state index >= 15 is 0 Å². The van der Waals surface area contributed by atoms with Crippen molar-refractivity contribution in [1.29, 1.82) is 0 Å². The molecule has 1 heterocycles. The molecular weight excluding hydrogens is 166 g/mol. The molecule has 1 aliphatic heterocycles. The van der Waals surface area contributed by atoms with Crippen molar-refractivity contribution in [2.45, 2.75) is 33.2 Å². The van der Waals surface area contributed by atoms with Gasteiger partial charge in [-0.05, 0) is 32.7 Å². The number of hydrogen-bond donors (Lipinski definition) is 1. The Morgan fingerprint density at radius 3 is 2.46 bits per heavy atom. The summed E-state index contributed by atoms with van der Waals surface area (Å²) in [7, 11) is 0. The first-order chi connectivity index (χ1) is 6.02. The van der Waals surface area contributed by atoms with Crippen molar-refractivity contribution in [1.82, 2.24) is 4.90 Å². The Kier molecular flexibility index (Phi) is 3.31. The number of likely N-dealkylation sites (tertiary alicyclic amines) is 1. The van der Waals surface area contributed by atoms with E-state index < -0.39 is 5.97 Å². The zero-order valence-electron chi connectivity index (χ0n) is 8.66. The van der Waals surface area contributed by atoms with Gasteiger partial charge in [0.1, 0.15) is 0 Å². The van der Waals surface area contributed by atoms with Crippen molar-refractivity contribution in [3.05, 3.63) is 0 Å². The summed E-state index contributed by atoms with van der Waals surface area (Å²) in [6, 6.07) is 0.547. The third kappa shape index (κ3) is 2.44. The van der Waals surface area contributed by atoms with Crippen molar-refractivity contribution < 1.29 is 9.90 Å². The predicted octanol–water partition coefficient (Wildman–Crippen LogP) is 1.44. The summed E-state index contributed by atoms with van der Waals surface area (Å²) < 4.78 is 0. The van der Waals surface area contributed by atoms with E-state index in [1.54, 1.807) is 0 Å².